The van der Waals surface area contributed by atoms with Crippen molar-refractivity contribution in [1.29, 1.82) is 0 Å². The Kier molecular flexibility index (Phi) is 3.21. The molecule has 1 amide bonds. The second-order valence-corrected chi connectivity index (χ2v) is 9.43. The number of rotatable bonds is 1. The lowest BCUT2D eigenvalue weighted by Gasteiger charge is -2.43. The molecule has 0 N–H and O–H groups in total. The Bertz CT molecular complexity index is 758. The van der Waals surface area contributed by atoms with E-state index in [1.54, 1.807) is 0 Å². The molecule has 1 aliphatic heterocycles. The number of benzene rings is 1. The summed E-state index contributed by atoms with van der Waals surface area (Å²) in [6.45, 7) is 8.39. The van der Waals surface area contributed by atoms with Gasteiger partial charge in [-0.25, -0.2) is 0 Å². The van der Waals surface area contributed by atoms with E-state index in [4.69, 9.17) is 0 Å². The summed E-state index contributed by atoms with van der Waals surface area (Å²) in [6, 6.07) is 8.30. The second-order valence-electron chi connectivity index (χ2n) is 8.51. The number of carbonyl (C=O) groups excluding carboxylic acids is 2. The smallest absolute Gasteiger partial charge is 0.235 e. The van der Waals surface area contributed by atoms with Crippen LogP contribution in [0.15, 0.2) is 24.3 Å². The van der Waals surface area contributed by atoms with Crippen LogP contribution in [0.1, 0.15) is 46.1 Å². The fourth-order valence-corrected chi connectivity index (χ4v) is 7.02. The van der Waals surface area contributed by atoms with Gasteiger partial charge in [0.25, 0.3) is 0 Å². The van der Waals surface area contributed by atoms with Crippen LogP contribution in [0.5, 0.6) is 0 Å². The summed E-state index contributed by atoms with van der Waals surface area (Å²) in [5, 5.41) is 0. The summed E-state index contributed by atoms with van der Waals surface area (Å²) >= 11 is 3.64. The van der Waals surface area contributed by atoms with Crippen molar-refractivity contribution in [3.63, 3.8) is 0 Å². The van der Waals surface area contributed by atoms with Gasteiger partial charge in [0.15, 0.2) is 5.78 Å². The first-order chi connectivity index (χ1) is 11.2. The molecule has 4 heteroatoms. The van der Waals surface area contributed by atoms with Crippen LogP contribution in [0.25, 0.3) is 0 Å². The molecule has 128 valence electrons. The van der Waals surface area contributed by atoms with Crippen molar-refractivity contribution >= 4 is 33.3 Å². The molecule has 4 unspecified atom stereocenters. The normalized spacial score (nSPS) is 39.4. The van der Waals surface area contributed by atoms with E-state index in [9.17, 15) is 9.59 Å². The number of hydrogen-bond donors (Lipinski definition) is 0. The molecule has 2 saturated carbocycles. The van der Waals surface area contributed by atoms with Gasteiger partial charge in [-0.15, -0.1) is 0 Å². The number of Topliss-reactive ketones (excluding diaryl/α,β-unsaturated/α-hetero) is 1. The number of amides is 1. The van der Waals surface area contributed by atoms with Crippen LogP contribution in [-0.2, 0) is 16.0 Å². The summed E-state index contributed by atoms with van der Waals surface area (Å²) in [7, 11) is 0. The molecule has 3 nitrogen and oxygen atoms in total. The van der Waals surface area contributed by atoms with Crippen LogP contribution in [0.3, 0.4) is 0 Å². The SMILES string of the molecule is CC1Cc2ccccc2N1C(=O)C12CCC(C)(C(=O)C1Br)C2(C)C. The molecule has 0 spiro atoms. The monoisotopic (exact) mass is 389 g/mol. The zero-order valence-electron chi connectivity index (χ0n) is 14.7. The van der Waals surface area contributed by atoms with Crippen molar-refractivity contribution in [2.75, 3.05) is 4.90 Å². The molecule has 2 fully saturated rings. The summed E-state index contributed by atoms with van der Waals surface area (Å²) in [5.41, 5.74) is 0.834. The second kappa shape index (κ2) is 4.72. The average molecular weight is 390 g/mol. The first kappa shape index (κ1) is 16.3. The Morgan fingerprint density at radius 2 is 1.88 bits per heavy atom. The predicted octanol–water partition coefficient (Wildman–Crippen LogP) is 4.12. The molecule has 24 heavy (non-hydrogen) atoms. The Morgan fingerprint density at radius 3 is 2.50 bits per heavy atom. The highest BCUT2D eigenvalue weighted by atomic mass is 79.9. The molecule has 0 aromatic heterocycles. The van der Waals surface area contributed by atoms with Crippen molar-refractivity contribution in [1.82, 2.24) is 0 Å². The van der Waals surface area contributed by atoms with Crippen LogP contribution in [0.4, 0.5) is 5.69 Å². The fourth-order valence-electron chi connectivity index (χ4n) is 5.52. The largest absolute Gasteiger partial charge is 0.308 e. The number of hydrogen-bond acceptors (Lipinski definition) is 2. The standard InChI is InChI=1S/C20H24BrNO2/c1-12-11-13-7-5-6-8-14(13)22(12)17(24)20-10-9-19(4,18(20,2)3)16(23)15(20)21/h5-8,12,15H,9-11H2,1-4H3. The average Bonchev–Trinajstić information content (AvgIpc) is 3.01. The number of ketones is 1. The lowest BCUT2D eigenvalue weighted by Crippen LogP contribution is -2.54. The number of nitrogens with zero attached hydrogens (tertiary/aromatic N) is 1. The topological polar surface area (TPSA) is 37.4 Å². The highest BCUT2D eigenvalue weighted by molar-refractivity contribution is 9.10. The minimum Gasteiger partial charge on any atom is -0.308 e. The van der Waals surface area contributed by atoms with Gasteiger partial charge in [-0.05, 0) is 43.2 Å². The van der Waals surface area contributed by atoms with E-state index < -0.39 is 10.8 Å². The van der Waals surface area contributed by atoms with Crippen molar-refractivity contribution in [3.8, 4) is 0 Å². The lowest BCUT2D eigenvalue weighted by atomic mass is 9.64. The van der Waals surface area contributed by atoms with Gasteiger partial charge >= 0.3 is 0 Å². The maximum atomic E-state index is 13.9. The minimum absolute atomic E-state index is 0.126. The highest BCUT2D eigenvalue weighted by Crippen LogP contribution is 2.72. The van der Waals surface area contributed by atoms with Gasteiger partial charge in [0.1, 0.15) is 0 Å². The molecule has 2 bridgehead atoms. The molecule has 4 atom stereocenters. The quantitative estimate of drug-likeness (QED) is 0.677. The van der Waals surface area contributed by atoms with Gasteiger partial charge in [0, 0.05) is 17.1 Å². The van der Waals surface area contributed by atoms with E-state index in [0.29, 0.717) is 0 Å². The molecular formula is C20H24BrNO2. The zero-order chi connectivity index (χ0) is 17.5. The van der Waals surface area contributed by atoms with Crippen LogP contribution < -0.4 is 4.90 Å². The summed E-state index contributed by atoms with van der Waals surface area (Å²) in [6.07, 6.45) is 2.47. The van der Waals surface area contributed by atoms with Crippen molar-refractivity contribution < 1.29 is 9.59 Å². The summed E-state index contributed by atoms with van der Waals surface area (Å²) in [4.78, 5) is 28.4. The highest BCUT2D eigenvalue weighted by Gasteiger charge is 2.77. The van der Waals surface area contributed by atoms with Crippen molar-refractivity contribution in [2.45, 2.75) is 57.8 Å². The van der Waals surface area contributed by atoms with E-state index in [-0.39, 0.29) is 28.0 Å². The maximum Gasteiger partial charge on any atom is 0.235 e. The van der Waals surface area contributed by atoms with Crippen molar-refractivity contribution in [2.24, 2.45) is 16.2 Å². The number of para-hydroxylation sites is 1. The number of fused-ring (bicyclic) bond motifs is 3. The van der Waals surface area contributed by atoms with E-state index in [0.717, 1.165) is 24.9 Å². The Labute approximate surface area is 151 Å². The third-order valence-corrected chi connectivity index (χ3v) is 8.73. The Hall–Kier alpha value is -1.16. The van der Waals surface area contributed by atoms with Crippen LogP contribution in [-0.4, -0.2) is 22.6 Å². The molecule has 1 aromatic rings. The molecule has 2 aliphatic carbocycles. The number of anilines is 1. The zero-order valence-corrected chi connectivity index (χ0v) is 16.3. The van der Waals surface area contributed by atoms with E-state index >= 15 is 0 Å². The fraction of sp³-hybridized carbons (Fsp3) is 0.600. The molecular weight excluding hydrogens is 366 g/mol. The summed E-state index contributed by atoms with van der Waals surface area (Å²) in [5.74, 6) is 0.327. The van der Waals surface area contributed by atoms with Gasteiger partial charge in [-0.2, -0.15) is 0 Å². The first-order valence-electron chi connectivity index (χ1n) is 8.78. The molecule has 1 aromatic carbocycles. The summed E-state index contributed by atoms with van der Waals surface area (Å²) < 4.78 is 0. The number of halogens is 1. The van der Waals surface area contributed by atoms with E-state index in [1.165, 1.54) is 5.56 Å². The Balaban J connectivity index is 1.85. The number of carbonyl (C=O) groups is 2. The molecule has 4 rings (SSSR count). The van der Waals surface area contributed by atoms with Gasteiger partial charge < -0.3 is 4.90 Å². The minimum atomic E-state index is -0.648. The lowest BCUT2D eigenvalue weighted by molar-refractivity contribution is -0.133. The van der Waals surface area contributed by atoms with Crippen LogP contribution in [0.2, 0.25) is 0 Å². The molecule has 1 heterocycles. The number of alkyl halides is 1. The van der Waals surface area contributed by atoms with E-state index in [2.05, 4.69) is 42.8 Å². The Morgan fingerprint density at radius 1 is 1.21 bits per heavy atom. The van der Waals surface area contributed by atoms with Gasteiger partial charge in [-0.3, -0.25) is 9.59 Å². The third kappa shape index (κ3) is 1.55. The van der Waals surface area contributed by atoms with Gasteiger partial charge in [-0.1, -0.05) is 54.9 Å². The van der Waals surface area contributed by atoms with Crippen LogP contribution in [0, 0.1) is 16.2 Å². The maximum absolute atomic E-state index is 13.9. The first-order valence-corrected chi connectivity index (χ1v) is 9.70. The van der Waals surface area contributed by atoms with E-state index in [1.807, 2.05) is 30.0 Å². The van der Waals surface area contributed by atoms with Gasteiger partial charge in [0.2, 0.25) is 5.91 Å². The third-order valence-electron chi connectivity index (χ3n) is 7.53. The molecule has 0 radical (unpaired) electrons. The van der Waals surface area contributed by atoms with Crippen LogP contribution >= 0.6 is 15.9 Å². The van der Waals surface area contributed by atoms with Crippen molar-refractivity contribution in [3.05, 3.63) is 29.8 Å². The predicted molar refractivity (Wildman–Crippen MR) is 98.4 cm³/mol. The van der Waals surface area contributed by atoms with Gasteiger partial charge in [0.05, 0.1) is 10.2 Å². The molecule has 0 saturated heterocycles. The molecule has 3 aliphatic rings.